The van der Waals surface area contributed by atoms with E-state index in [1.54, 1.807) is 4.90 Å². The number of anilines is 1. The topological polar surface area (TPSA) is 29.5 Å². The Labute approximate surface area is 154 Å². The van der Waals surface area contributed by atoms with Gasteiger partial charge < -0.3 is 4.74 Å². The van der Waals surface area contributed by atoms with Crippen molar-refractivity contribution in [1.29, 1.82) is 0 Å². The number of para-hydroxylation sites is 1. The number of nitrogens with zero attached hydrogens (tertiary/aromatic N) is 1. The van der Waals surface area contributed by atoms with Crippen molar-refractivity contribution in [1.82, 2.24) is 0 Å². The standard InChI is InChI=1S/C22H37NO2/c1-4-25-22(24)23(21-17-13-11-14-18-21)19-15-10-8-6-5-7-9-12-16-20(2)3/h11,13-14,17-18,20H,4-10,12,15-16,19H2,1-3H3. The first-order valence-electron chi connectivity index (χ1n) is 10.1. The highest BCUT2D eigenvalue weighted by atomic mass is 16.6. The van der Waals surface area contributed by atoms with E-state index in [9.17, 15) is 4.79 Å². The molecule has 0 atom stereocenters. The van der Waals surface area contributed by atoms with Crippen LogP contribution in [-0.4, -0.2) is 19.2 Å². The molecule has 1 aromatic carbocycles. The molecule has 0 bridgehead atoms. The maximum absolute atomic E-state index is 12.2. The van der Waals surface area contributed by atoms with Crippen molar-refractivity contribution in [2.24, 2.45) is 5.92 Å². The molecule has 0 radical (unpaired) electrons. The van der Waals surface area contributed by atoms with Crippen LogP contribution in [0.5, 0.6) is 0 Å². The molecule has 0 heterocycles. The normalized spacial score (nSPS) is 10.9. The van der Waals surface area contributed by atoms with Crippen LogP contribution in [0.1, 0.15) is 78.6 Å². The van der Waals surface area contributed by atoms with E-state index in [1.807, 2.05) is 37.3 Å². The molecular weight excluding hydrogens is 310 g/mol. The number of unbranched alkanes of at least 4 members (excludes halogenated alkanes) is 7. The second-order valence-electron chi connectivity index (χ2n) is 7.20. The average molecular weight is 348 g/mol. The van der Waals surface area contributed by atoms with E-state index in [2.05, 4.69) is 13.8 Å². The number of carbonyl (C=O) groups excluding carboxylic acids is 1. The van der Waals surface area contributed by atoms with Crippen LogP contribution in [-0.2, 0) is 4.74 Å². The quantitative estimate of drug-likeness (QED) is 0.366. The molecule has 3 nitrogen and oxygen atoms in total. The van der Waals surface area contributed by atoms with Crippen molar-refractivity contribution < 1.29 is 9.53 Å². The van der Waals surface area contributed by atoms with Crippen LogP contribution in [0.4, 0.5) is 10.5 Å². The molecular formula is C22H37NO2. The maximum Gasteiger partial charge on any atom is 0.414 e. The number of hydrogen-bond acceptors (Lipinski definition) is 2. The van der Waals surface area contributed by atoms with Crippen LogP contribution in [0.2, 0.25) is 0 Å². The van der Waals surface area contributed by atoms with E-state index in [0.29, 0.717) is 6.61 Å². The Hall–Kier alpha value is -1.51. The number of carbonyl (C=O) groups is 1. The van der Waals surface area contributed by atoms with Gasteiger partial charge >= 0.3 is 6.09 Å². The highest BCUT2D eigenvalue weighted by Gasteiger charge is 2.15. The molecule has 0 aliphatic carbocycles. The number of hydrogen-bond donors (Lipinski definition) is 0. The molecule has 0 spiro atoms. The summed E-state index contributed by atoms with van der Waals surface area (Å²) >= 11 is 0. The van der Waals surface area contributed by atoms with Crippen molar-refractivity contribution in [3.8, 4) is 0 Å². The van der Waals surface area contributed by atoms with Crippen LogP contribution >= 0.6 is 0 Å². The number of ether oxygens (including phenoxy) is 1. The van der Waals surface area contributed by atoms with E-state index in [0.717, 1.165) is 24.6 Å². The average Bonchev–Trinajstić information content (AvgIpc) is 2.60. The third kappa shape index (κ3) is 10.2. The van der Waals surface area contributed by atoms with Gasteiger partial charge in [0.15, 0.2) is 0 Å². The fourth-order valence-electron chi connectivity index (χ4n) is 3.02. The Morgan fingerprint density at radius 3 is 2.04 bits per heavy atom. The summed E-state index contributed by atoms with van der Waals surface area (Å²) in [5.41, 5.74) is 0.922. The lowest BCUT2D eigenvalue weighted by molar-refractivity contribution is 0.159. The molecule has 142 valence electrons. The fraction of sp³-hybridized carbons (Fsp3) is 0.682. The first-order valence-corrected chi connectivity index (χ1v) is 10.1. The Morgan fingerprint density at radius 1 is 0.920 bits per heavy atom. The second kappa shape index (κ2) is 13.7. The molecule has 3 heteroatoms. The lowest BCUT2D eigenvalue weighted by Gasteiger charge is -2.21. The van der Waals surface area contributed by atoms with Crippen LogP contribution in [0, 0.1) is 5.92 Å². The lowest BCUT2D eigenvalue weighted by atomic mass is 10.0. The van der Waals surface area contributed by atoms with Gasteiger partial charge in [-0.2, -0.15) is 0 Å². The Balaban J connectivity index is 2.17. The Bertz CT molecular complexity index is 445. The minimum Gasteiger partial charge on any atom is -0.449 e. The predicted molar refractivity (Wildman–Crippen MR) is 107 cm³/mol. The molecule has 25 heavy (non-hydrogen) atoms. The lowest BCUT2D eigenvalue weighted by Crippen LogP contribution is -2.32. The molecule has 0 aromatic heterocycles. The first kappa shape index (κ1) is 21.5. The molecule has 0 aliphatic rings. The van der Waals surface area contributed by atoms with Gasteiger partial charge in [0, 0.05) is 12.2 Å². The van der Waals surface area contributed by atoms with Crippen molar-refractivity contribution in [3.05, 3.63) is 30.3 Å². The van der Waals surface area contributed by atoms with Crippen LogP contribution in [0.25, 0.3) is 0 Å². The summed E-state index contributed by atoms with van der Waals surface area (Å²) in [5.74, 6) is 0.840. The fourth-order valence-corrected chi connectivity index (χ4v) is 3.02. The van der Waals surface area contributed by atoms with Crippen LogP contribution in [0.3, 0.4) is 0 Å². The maximum atomic E-state index is 12.2. The van der Waals surface area contributed by atoms with Gasteiger partial charge in [0.1, 0.15) is 0 Å². The molecule has 1 aromatic rings. The zero-order valence-electron chi connectivity index (χ0n) is 16.5. The SMILES string of the molecule is CCOC(=O)N(CCCCCCCCCCC(C)C)c1ccccc1. The van der Waals surface area contributed by atoms with Crippen molar-refractivity contribution in [3.63, 3.8) is 0 Å². The minimum absolute atomic E-state index is 0.237. The monoisotopic (exact) mass is 347 g/mol. The van der Waals surface area contributed by atoms with Gasteiger partial charge in [0.2, 0.25) is 0 Å². The molecule has 1 amide bonds. The summed E-state index contributed by atoms with van der Waals surface area (Å²) in [6, 6.07) is 9.82. The van der Waals surface area contributed by atoms with Crippen LogP contribution in [0.15, 0.2) is 30.3 Å². The number of amides is 1. The second-order valence-corrected chi connectivity index (χ2v) is 7.20. The van der Waals surface area contributed by atoms with Gasteiger partial charge in [0.25, 0.3) is 0 Å². The van der Waals surface area contributed by atoms with Crippen molar-refractivity contribution in [2.45, 2.75) is 78.6 Å². The summed E-state index contributed by atoms with van der Waals surface area (Å²) < 4.78 is 5.20. The van der Waals surface area contributed by atoms with Crippen molar-refractivity contribution in [2.75, 3.05) is 18.1 Å². The first-order chi connectivity index (χ1) is 12.1. The number of rotatable bonds is 13. The minimum atomic E-state index is -0.237. The zero-order chi connectivity index (χ0) is 18.3. The highest BCUT2D eigenvalue weighted by Crippen LogP contribution is 2.17. The highest BCUT2D eigenvalue weighted by molar-refractivity contribution is 5.87. The summed E-state index contributed by atoms with van der Waals surface area (Å²) in [6.45, 7) is 7.60. The van der Waals surface area contributed by atoms with Crippen LogP contribution < -0.4 is 4.90 Å². The Morgan fingerprint density at radius 2 is 1.48 bits per heavy atom. The third-order valence-electron chi connectivity index (χ3n) is 4.47. The summed E-state index contributed by atoms with van der Waals surface area (Å²) in [6.07, 6.45) is 11.4. The predicted octanol–water partition coefficient (Wildman–Crippen LogP) is 6.82. The summed E-state index contributed by atoms with van der Waals surface area (Å²) in [7, 11) is 0. The zero-order valence-corrected chi connectivity index (χ0v) is 16.5. The third-order valence-corrected chi connectivity index (χ3v) is 4.47. The van der Waals surface area contributed by atoms with Gasteiger partial charge in [-0.15, -0.1) is 0 Å². The van der Waals surface area contributed by atoms with Gasteiger partial charge in [-0.3, -0.25) is 4.90 Å². The molecule has 0 N–H and O–H groups in total. The Kier molecular flexibility index (Phi) is 11.8. The number of benzene rings is 1. The summed E-state index contributed by atoms with van der Waals surface area (Å²) in [5, 5.41) is 0. The van der Waals surface area contributed by atoms with Gasteiger partial charge in [-0.1, -0.05) is 83.4 Å². The van der Waals surface area contributed by atoms with Gasteiger partial charge in [-0.25, -0.2) is 4.79 Å². The van der Waals surface area contributed by atoms with E-state index < -0.39 is 0 Å². The van der Waals surface area contributed by atoms with E-state index in [1.165, 1.54) is 51.4 Å². The van der Waals surface area contributed by atoms with E-state index >= 15 is 0 Å². The smallest absolute Gasteiger partial charge is 0.414 e. The summed E-state index contributed by atoms with van der Waals surface area (Å²) in [4.78, 5) is 13.9. The molecule has 0 aliphatic heterocycles. The van der Waals surface area contributed by atoms with E-state index in [4.69, 9.17) is 4.74 Å². The van der Waals surface area contributed by atoms with Gasteiger partial charge in [-0.05, 0) is 31.4 Å². The molecule has 0 saturated heterocycles. The van der Waals surface area contributed by atoms with Gasteiger partial charge in [0.05, 0.1) is 6.61 Å². The molecule has 0 fully saturated rings. The molecule has 0 unspecified atom stereocenters. The van der Waals surface area contributed by atoms with E-state index in [-0.39, 0.29) is 6.09 Å². The molecule has 0 saturated carbocycles. The molecule has 1 rings (SSSR count). The largest absolute Gasteiger partial charge is 0.449 e. The van der Waals surface area contributed by atoms with Crippen molar-refractivity contribution >= 4 is 11.8 Å².